The van der Waals surface area contributed by atoms with E-state index in [9.17, 15) is 4.79 Å². The molecule has 1 aliphatic carbocycles. The molecular formula is C30H31NO3S. The van der Waals surface area contributed by atoms with E-state index in [4.69, 9.17) is 14.5 Å². The number of carbonyl (C=O) groups excluding carboxylic acids is 1. The van der Waals surface area contributed by atoms with E-state index in [1.807, 2.05) is 20.8 Å². The van der Waals surface area contributed by atoms with Gasteiger partial charge in [0, 0.05) is 28.9 Å². The van der Waals surface area contributed by atoms with Crippen LogP contribution < -0.4 is 4.74 Å². The SMILES string of the molecule is CC(=O)[C@@H](OC(C)(C)C)c1c(C)cc2nc(C3CC3)sc2c1-c1ccc2c3c(cccc13)CCO2. The van der Waals surface area contributed by atoms with Gasteiger partial charge in [-0.2, -0.15) is 0 Å². The Morgan fingerprint density at radius 3 is 2.71 bits per heavy atom. The average molecular weight is 486 g/mol. The number of fused-ring (bicyclic) bond motifs is 1. The third kappa shape index (κ3) is 3.95. The standard InChI is InChI=1S/C30H31NO3S/c1-16-15-22-28(35-29(31-22)19-9-10-19)26(24(16)27(17(2)32)34-30(3,4)5)21-11-12-23-25-18(13-14-33-23)7-6-8-20(21)25/h6-8,11-12,15,19,27H,9-10,13-14H2,1-5H3/t27-/m1/s1. The Bertz CT molecular complexity index is 1480. The lowest BCUT2D eigenvalue weighted by Crippen LogP contribution is -2.27. The molecule has 0 saturated heterocycles. The summed E-state index contributed by atoms with van der Waals surface area (Å²) < 4.78 is 13.6. The molecule has 1 aromatic heterocycles. The van der Waals surface area contributed by atoms with Crippen molar-refractivity contribution >= 4 is 38.1 Å². The molecule has 1 saturated carbocycles. The molecule has 4 aromatic rings. The van der Waals surface area contributed by atoms with Gasteiger partial charge >= 0.3 is 0 Å². The zero-order valence-corrected chi connectivity index (χ0v) is 21.8. The Morgan fingerprint density at radius 1 is 1.20 bits per heavy atom. The molecule has 2 aliphatic rings. The highest BCUT2D eigenvalue weighted by atomic mass is 32.1. The van der Waals surface area contributed by atoms with Crippen LogP contribution in [-0.4, -0.2) is 23.0 Å². The Labute approximate surface area is 210 Å². The van der Waals surface area contributed by atoms with Gasteiger partial charge in [0.1, 0.15) is 11.9 Å². The second-order valence-electron chi connectivity index (χ2n) is 10.9. The molecule has 0 spiro atoms. The minimum absolute atomic E-state index is 0.0154. The summed E-state index contributed by atoms with van der Waals surface area (Å²) in [6.07, 6.45) is 2.67. The van der Waals surface area contributed by atoms with Gasteiger partial charge in [0.15, 0.2) is 5.78 Å². The summed E-state index contributed by atoms with van der Waals surface area (Å²) in [6.45, 7) is 10.5. The van der Waals surface area contributed by atoms with Crippen LogP contribution in [-0.2, 0) is 16.0 Å². The number of thiazole rings is 1. The Hall–Kier alpha value is -2.76. The highest BCUT2D eigenvalue weighted by molar-refractivity contribution is 7.19. The van der Waals surface area contributed by atoms with E-state index in [0.717, 1.165) is 50.0 Å². The van der Waals surface area contributed by atoms with E-state index in [0.29, 0.717) is 12.5 Å². The minimum atomic E-state index is -0.650. The van der Waals surface area contributed by atoms with Crippen LogP contribution in [0.3, 0.4) is 0 Å². The molecule has 5 heteroatoms. The smallest absolute Gasteiger partial charge is 0.163 e. The number of ether oxygens (including phenoxy) is 2. The van der Waals surface area contributed by atoms with Crippen molar-refractivity contribution in [2.75, 3.05) is 6.61 Å². The highest BCUT2D eigenvalue weighted by Crippen LogP contribution is 2.50. The summed E-state index contributed by atoms with van der Waals surface area (Å²) in [5.41, 5.74) is 6.08. The molecule has 2 heterocycles. The van der Waals surface area contributed by atoms with Crippen LogP contribution in [0.4, 0.5) is 0 Å². The first kappa shape index (κ1) is 22.7. The third-order valence-corrected chi connectivity index (χ3v) is 8.21. The van der Waals surface area contributed by atoms with E-state index >= 15 is 0 Å². The quantitative estimate of drug-likeness (QED) is 0.291. The number of rotatable bonds is 5. The second kappa shape index (κ2) is 8.14. The maximum atomic E-state index is 13.1. The van der Waals surface area contributed by atoms with Gasteiger partial charge in [0.2, 0.25) is 0 Å². The molecule has 0 amide bonds. The first-order chi connectivity index (χ1) is 16.7. The summed E-state index contributed by atoms with van der Waals surface area (Å²) in [7, 11) is 0. The lowest BCUT2D eigenvalue weighted by molar-refractivity contribution is -0.138. The molecule has 4 nitrogen and oxygen atoms in total. The number of Topliss-reactive ketones (excluding diaryl/α,β-unsaturated/α-hetero) is 1. The number of aryl methyl sites for hydroxylation is 1. The van der Waals surface area contributed by atoms with Crippen LogP contribution in [0.1, 0.15) is 74.3 Å². The molecule has 0 N–H and O–H groups in total. The Morgan fingerprint density at radius 2 is 2.00 bits per heavy atom. The predicted octanol–water partition coefficient (Wildman–Crippen LogP) is 7.68. The molecule has 35 heavy (non-hydrogen) atoms. The van der Waals surface area contributed by atoms with Gasteiger partial charge in [-0.05, 0) is 87.7 Å². The number of benzene rings is 3. The van der Waals surface area contributed by atoms with Gasteiger partial charge in [-0.25, -0.2) is 4.98 Å². The summed E-state index contributed by atoms with van der Waals surface area (Å²) in [5.74, 6) is 1.53. The monoisotopic (exact) mass is 485 g/mol. The van der Waals surface area contributed by atoms with Crippen LogP contribution in [0, 0.1) is 6.92 Å². The van der Waals surface area contributed by atoms with Crippen LogP contribution in [0.5, 0.6) is 5.75 Å². The number of hydrogen-bond donors (Lipinski definition) is 0. The van der Waals surface area contributed by atoms with E-state index < -0.39 is 11.7 Å². The van der Waals surface area contributed by atoms with Gasteiger partial charge in [-0.1, -0.05) is 18.2 Å². The fourth-order valence-electron chi connectivity index (χ4n) is 5.30. The van der Waals surface area contributed by atoms with Gasteiger partial charge in [-0.3, -0.25) is 4.79 Å². The van der Waals surface area contributed by atoms with Gasteiger partial charge in [0.05, 0.1) is 27.4 Å². The largest absolute Gasteiger partial charge is 0.493 e. The van der Waals surface area contributed by atoms with Crippen molar-refractivity contribution in [1.29, 1.82) is 0 Å². The summed E-state index contributed by atoms with van der Waals surface area (Å²) in [4.78, 5) is 18.1. The Balaban J connectivity index is 1.71. The van der Waals surface area contributed by atoms with Crippen molar-refractivity contribution in [2.24, 2.45) is 0 Å². The van der Waals surface area contributed by atoms with Crippen LogP contribution in [0.15, 0.2) is 36.4 Å². The van der Waals surface area contributed by atoms with Crippen molar-refractivity contribution in [2.45, 2.75) is 71.5 Å². The number of nitrogens with zero attached hydrogens (tertiary/aromatic N) is 1. The summed E-state index contributed by atoms with van der Waals surface area (Å²) in [6, 6.07) is 12.9. The van der Waals surface area contributed by atoms with Gasteiger partial charge in [-0.15, -0.1) is 11.3 Å². The minimum Gasteiger partial charge on any atom is -0.493 e. The van der Waals surface area contributed by atoms with E-state index in [2.05, 4.69) is 43.3 Å². The first-order valence-corrected chi connectivity index (χ1v) is 13.3. The molecule has 0 radical (unpaired) electrons. The summed E-state index contributed by atoms with van der Waals surface area (Å²) >= 11 is 1.79. The van der Waals surface area contributed by atoms with E-state index in [1.165, 1.54) is 28.8 Å². The highest BCUT2D eigenvalue weighted by Gasteiger charge is 2.33. The van der Waals surface area contributed by atoms with E-state index in [-0.39, 0.29) is 5.78 Å². The topological polar surface area (TPSA) is 48.4 Å². The molecular weight excluding hydrogens is 454 g/mol. The second-order valence-corrected chi connectivity index (χ2v) is 12.0. The first-order valence-electron chi connectivity index (χ1n) is 12.5. The molecule has 0 unspecified atom stereocenters. The molecule has 180 valence electrons. The van der Waals surface area contributed by atoms with Crippen molar-refractivity contribution in [1.82, 2.24) is 4.98 Å². The molecule has 1 aliphatic heterocycles. The number of hydrogen-bond acceptors (Lipinski definition) is 5. The molecule has 1 atom stereocenters. The van der Waals surface area contributed by atoms with Gasteiger partial charge < -0.3 is 9.47 Å². The maximum absolute atomic E-state index is 13.1. The summed E-state index contributed by atoms with van der Waals surface area (Å²) in [5, 5.41) is 3.55. The van der Waals surface area contributed by atoms with Crippen molar-refractivity contribution < 1.29 is 14.3 Å². The molecule has 1 fully saturated rings. The third-order valence-electron chi connectivity index (χ3n) is 6.96. The zero-order chi connectivity index (χ0) is 24.5. The van der Waals surface area contributed by atoms with Crippen molar-refractivity contribution in [3.8, 4) is 16.9 Å². The fraction of sp³-hybridized carbons (Fsp3) is 0.400. The maximum Gasteiger partial charge on any atom is 0.163 e. The Kier molecular flexibility index (Phi) is 5.28. The lowest BCUT2D eigenvalue weighted by atomic mass is 9.86. The normalized spacial score (nSPS) is 16.5. The predicted molar refractivity (Wildman–Crippen MR) is 143 cm³/mol. The van der Waals surface area contributed by atoms with E-state index in [1.54, 1.807) is 18.3 Å². The lowest BCUT2D eigenvalue weighted by Gasteiger charge is -2.29. The number of aromatic nitrogens is 1. The van der Waals surface area contributed by atoms with Gasteiger partial charge in [0.25, 0.3) is 0 Å². The number of ketones is 1. The van der Waals surface area contributed by atoms with Crippen molar-refractivity contribution in [3.05, 3.63) is 58.1 Å². The van der Waals surface area contributed by atoms with Crippen LogP contribution in [0.25, 0.3) is 32.1 Å². The molecule has 6 rings (SSSR count). The van der Waals surface area contributed by atoms with Crippen LogP contribution in [0.2, 0.25) is 0 Å². The average Bonchev–Trinajstić information content (AvgIpc) is 3.57. The molecule has 0 bridgehead atoms. The van der Waals surface area contributed by atoms with Crippen molar-refractivity contribution in [3.63, 3.8) is 0 Å². The molecule has 3 aromatic carbocycles. The fourth-order valence-corrected chi connectivity index (χ4v) is 6.59. The number of carbonyl (C=O) groups is 1. The zero-order valence-electron chi connectivity index (χ0n) is 21.0. The van der Waals surface area contributed by atoms with Crippen LogP contribution >= 0.6 is 11.3 Å².